The fraction of sp³-hybridized carbons (Fsp3) is 0.524. The van der Waals surface area contributed by atoms with Gasteiger partial charge in [-0.1, -0.05) is 50.5 Å². The third-order valence-electron chi connectivity index (χ3n) is 4.19. The Morgan fingerprint density at radius 1 is 1.08 bits per heavy atom. The van der Waals surface area contributed by atoms with Gasteiger partial charge in [-0.15, -0.1) is 6.58 Å². The Balaban J connectivity index is 2.38. The van der Waals surface area contributed by atoms with E-state index in [0.717, 1.165) is 25.7 Å². The molecule has 1 heterocycles. The maximum absolute atomic E-state index is 12.0. The maximum atomic E-state index is 12.0. The van der Waals surface area contributed by atoms with Crippen LogP contribution in [0.15, 0.2) is 35.7 Å². The lowest BCUT2D eigenvalue weighted by atomic mass is 10.1. The molecule has 0 saturated carbocycles. The van der Waals surface area contributed by atoms with Crippen molar-refractivity contribution in [2.75, 3.05) is 0 Å². The van der Waals surface area contributed by atoms with E-state index in [1.54, 1.807) is 12.2 Å². The number of aromatic nitrogens is 2. The molecule has 0 aliphatic carbocycles. The van der Waals surface area contributed by atoms with Gasteiger partial charge in [-0.2, -0.15) is 0 Å². The molecule has 0 bridgehead atoms. The number of unbranched alkanes of at least 4 members (excludes halogenated alkanes) is 7. The van der Waals surface area contributed by atoms with Crippen LogP contribution in [-0.4, -0.2) is 14.7 Å². The molecule has 0 atom stereocenters. The van der Waals surface area contributed by atoms with Crippen molar-refractivity contribution in [3.05, 3.63) is 51.6 Å². The molecule has 1 rings (SSSR count). The van der Waals surface area contributed by atoms with Crippen LogP contribution in [-0.2, 0) is 6.54 Å². The molecule has 26 heavy (non-hydrogen) atoms. The lowest BCUT2D eigenvalue weighted by molar-refractivity contribution is 0.412. The van der Waals surface area contributed by atoms with Crippen LogP contribution in [0.4, 0.5) is 0 Å². The Hall–Kier alpha value is -1.88. The summed E-state index contributed by atoms with van der Waals surface area (Å²) in [7, 11) is 0. The number of rotatable bonds is 13. The Morgan fingerprint density at radius 2 is 1.69 bits per heavy atom. The van der Waals surface area contributed by atoms with Gasteiger partial charge < -0.3 is 5.11 Å². The number of allylic oxidation sites excluding steroid dienone is 4. The number of aromatic amines is 1. The zero-order valence-corrected chi connectivity index (χ0v) is 16.7. The second kappa shape index (κ2) is 13.3. The highest BCUT2D eigenvalue weighted by atomic mass is 32.1. The smallest absolute Gasteiger partial charge is 0.262 e. The molecule has 0 aliphatic rings. The summed E-state index contributed by atoms with van der Waals surface area (Å²) in [6.07, 6.45) is 20.4. The average molecular weight is 377 g/mol. The van der Waals surface area contributed by atoms with Crippen molar-refractivity contribution in [3.63, 3.8) is 0 Å². The van der Waals surface area contributed by atoms with E-state index in [1.165, 1.54) is 36.7 Å². The van der Waals surface area contributed by atoms with Gasteiger partial charge in [-0.05, 0) is 56.8 Å². The van der Waals surface area contributed by atoms with Gasteiger partial charge in [-0.25, -0.2) is 0 Å². The summed E-state index contributed by atoms with van der Waals surface area (Å²) < 4.78 is 1.65. The maximum Gasteiger partial charge on any atom is 0.262 e. The van der Waals surface area contributed by atoms with Gasteiger partial charge in [0.15, 0.2) is 4.77 Å². The van der Waals surface area contributed by atoms with Crippen LogP contribution in [0.2, 0.25) is 0 Å². The van der Waals surface area contributed by atoms with Crippen molar-refractivity contribution in [1.82, 2.24) is 9.55 Å². The first kappa shape index (κ1) is 22.2. The second-order valence-electron chi connectivity index (χ2n) is 6.40. The Bertz CT molecular complexity index is 714. The molecule has 0 aromatic carbocycles. The molecule has 0 spiro atoms. The van der Waals surface area contributed by atoms with Crippen LogP contribution >= 0.6 is 12.2 Å². The highest BCUT2D eigenvalue weighted by Crippen LogP contribution is 2.15. The molecule has 1 aromatic heterocycles. The molecular weight excluding hydrogens is 344 g/mol. The van der Waals surface area contributed by atoms with Gasteiger partial charge in [-0.3, -0.25) is 14.3 Å². The highest BCUT2D eigenvalue weighted by molar-refractivity contribution is 7.71. The molecule has 0 radical (unpaired) electrons. The molecular formula is C21H32N2O2S. The Kier molecular flexibility index (Phi) is 11.4. The third-order valence-corrected chi connectivity index (χ3v) is 4.51. The van der Waals surface area contributed by atoms with Crippen molar-refractivity contribution in [2.24, 2.45) is 0 Å². The summed E-state index contributed by atoms with van der Waals surface area (Å²) in [4.78, 5) is 14.5. The van der Waals surface area contributed by atoms with E-state index in [9.17, 15) is 9.90 Å². The number of H-pyrrole nitrogens is 1. The first-order valence-electron chi connectivity index (χ1n) is 9.60. The van der Waals surface area contributed by atoms with Crippen LogP contribution in [0.25, 0.3) is 6.08 Å². The third kappa shape index (κ3) is 8.00. The summed E-state index contributed by atoms with van der Waals surface area (Å²) in [6.45, 7) is 6.22. The van der Waals surface area contributed by atoms with Crippen molar-refractivity contribution < 1.29 is 5.11 Å². The largest absolute Gasteiger partial charge is 0.494 e. The normalized spacial score (nSPS) is 11.6. The minimum absolute atomic E-state index is 0.110. The zero-order chi connectivity index (χ0) is 19.2. The first-order valence-corrected chi connectivity index (χ1v) is 10.0. The summed E-state index contributed by atoms with van der Waals surface area (Å²) in [6, 6.07) is 0. The molecule has 0 saturated heterocycles. The SMILES string of the molecule is C=CCn1c(O)c(C=CCCCCC=CCCCCCC)c(=O)[nH]c1=S. The summed E-state index contributed by atoms with van der Waals surface area (Å²) in [5.41, 5.74) is -0.123. The molecule has 2 N–H and O–H groups in total. The number of nitrogens with one attached hydrogen (secondary N) is 1. The Morgan fingerprint density at radius 3 is 2.31 bits per heavy atom. The number of nitrogens with zero attached hydrogens (tertiary/aromatic N) is 1. The summed E-state index contributed by atoms with van der Waals surface area (Å²) in [5, 5.41) is 10.2. The van der Waals surface area contributed by atoms with Crippen LogP contribution in [0, 0.1) is 4.77 Å². The fourth-order valence-electron chi connectivity index (χ4n) is 2.67. The van der Waals surface area contributed by atoms with E-state index in [-0.39, 0.29) is 21.8 Å². The second-order valence-corrected chi connectivity index (χ2v) is 6.79. The predicted octanol–water partition coefficient (Wildman–Crippen LogP) is 5.90. The van der Waals surface area contributed by atoms with E-state index in [4.69, 9.17) is 12.2 Å². The predicted molar refractivity (Wildman–Crippen MR) is 113 cm³/mol. The highest BCUT2D eigenvalue weighted by Gasteiger charge is 2.08. The molecule has 0 fully saturated rings. The van der Waals surface area contributed by atoms with Crippen molar-refractivity contribution in [3.8, 4) is 5.88 Å². The van der Waals surface area contributed by atoms with Crippen LogP contribution in [0.5, 0.6) is 5.88 Å². The molecule has 144 valence electrons. The molecule has 5 heteroatoms. The lowest BCUT2D eigenvalue weighted by Gasteiger charge is -2.08. The van der Waals surface area contributed by atoms with Crippen molar-refractivity contribution >= 4 is 18.3 Å². The van der Waals surface area contributed by atoms with Gasteiger partial charge in [0.2, 0.25) is 5.88 Å². The number of hydrogen-bond acceptors (Lipinski definition) is 3. The van der Waals surface area contributed by atoms with Gasteiger partial charge >= 0.3 is 0 Å². The van der Waals surface area contributed by atoms with Crippen molar-refractivity contribution in [1.29, 1.82) is 0 Å². The average Bonchev–Trinajstić information content (AvgIpc) is 2.62. The first-order chi connectivity index (χ1) is 12.6. The van der Waals surface area contributed by atoms with E-state index < -0.39 is 0 Å². The lowest BCUT2D eigenvalue weighted by Crippen LogP contribution is -2.16. The monoisotopic (exact) mass is 376 g/mol. The van der Waals surface area contributed by atoms with E-state index >= 15 is 0 Å². The van der Waals surface area contributed by atoms with Crippen molar-refractivity contribution in [2.45, 2.75) is 71.3 Å². The van der Waals surface area contributed by atoms with Gasteiger partial charge in [0.05, 0.1) is 5.56 Å². The minimum Gasteiger partial charge on any atom is -0.494 e. The molecule has 1 aromatic rings. The van der Waals surface area contributed by atoms with E-state index in [0.29, 0.717) is 6.54 Å². The Labute approximate surface area is 162 Å². The van der Waals surface area contributed by atoms with Gasteiger partial charge in [0, 0.05) is 6.54 Å². The minimum atomic E-state index is -0.366. The quantitative estimate of drug-likeness (QED) is 0.256. The molecule has 0 amide bonds. The van der Waals surface area contributed by atoms with E-state index in [2.05, 4.69) is 30.6 Å². The summed E-state index contributed by atoms with van der Waals surface area (Å²) in [5.74, 6) is -0.110. The molecule has 4 nitrogen and oxygen atoms in total. The van der Waals surface area contributed by atoms with Crippen LogP contribution < -0.4 is 5.56 Å². The topological polar surface area (TPSA) is 58.0 Å². The number of aromatic hydroxyl groups is 1. The zero-order valence-electron chi connectivity index (χ0n) is 15.9. The van der Waals surface area contributed by atoms with E-state index in [1.807, 2.05) is 6.08 Å². The van der Waals surface area contributed by atoms with Crippen LogP contribution in [0.1, 0.15) is 70.3 Å². The molecule has 0 aliphatic heterocycles. The van der Waals surface area contributed by atoms with Gasteiger partial charge in [0.25, 0.3) is 5.56 Å². The number of hydrogen-bond donors (Lipinski definition) is 2. The fourth-order valence-corrected chi connectivity index (χ4v) is 2.93. The van der Waals surface area contributed by atoms with Crippen LogP contribution in [0.3, 0.4) is 0 Å². The summed E-state index contributed by atoms with van der Waals surface area (Å²) >= 11 is 5.06. The molecule has 0 unspecified atom stereocenters. The van der Waals surface area contributed by atoms with Gasteiger partial charge in [0.1, 0.15) is 0 Å². The standard InChI is InChI=1S/C21H32N2O2S/c1-3-5-6-7-8-9-10-11-12-13-14-15-16-18-19(24)22-21(26)23(17-4-2)20(18)25/h4,9-10,15-16,25H,2-3,5-8,11-14,17H2,1H3,(H,22,24,26).